The summed E-state index contributed by atoms with van der Waals surface area (Å²) in [6.07, 6.45) is 107. The van der Waals surface area contributed by atoms with Gasteiger partial charge in [0, 0.05) is 12.8 Å². The minimum absolute atomic E-state index is 0.0146. The number of hydrogen-bond donors (Lipinski definition) is 3. The summed E-state index contributed by atoms with van der Waals surface area (Å²) in [6.45, 7) is 4.93. The van der Waals surface area contributed by atoms with E-state index in [0.29, 0.717) is 19.4 Å². The SMILES string of the molecule is CCCCC/C=C\C/C=C\CCCCCCCCCC(=O)OCCCCCCCCCCCCCCCCCCCCCCCCCCCCCCCCCCCC(=O)NC(CO)C(O)/C=C/CCCCCCCCCCCCCCCCCCCCCCCCC. The lowest BCUT2D eigenvalue weighted by molar-refractivity contribution is -0.143. The first-order chi connectivity index (χ1) is 45.5. The van der Waals surface area contributed by atoms with Crippen LogP contribution in [0.1, 0.15) is 476 Å². The molecule has 92 heavy (non-hydrogen) atoms. The Morgan fingerprint density at radius 3 is 0.848 bits per heavy atom. The van der Waals surface area contributed by atoms with Gasteiger partial charge in [0.05, 0.1) is 25.4 Å². The van der Waals surface area contributed by atoms with E-state index in [9.17, 15) is 19.8 Å². The molecule has 6 heteroatoms. The van der Waals surface area contributed by atoms with Crippen LogP contribution in [0.15, 0.2) is 36.5 Å². The van der Waals surface area contributed by atoms with Crippen LogP contribution in [0.25, 0.3) is 0 Å². The summed E-state index contributed by atoms with van der Waals surface area (Å²) in [4.78, 5) is 24.7. The highest BCUT2D eigenvalue weighted by Crippen LogP contribution is 2.20. The molecule has 0 saturated heterocycles. The number of esters is 1. The molecule has 0 aliphatic rings. The molecule has 0 fully saturated rings. The first-order valence-corrected chi connectivity index (χ1v) is 42.3. The smallest absolute Gasteiger partial charge is 0.305 e. The molecule has 3 N–H and O–H groups in total. The van der Waals surface area contributed by atoms with Gasteiger partial charge in [0.1, 0.15) is 0 Å². The maximum atomic E-state index is 12.6. The topological polar surface area (TPSA) is 95.9 Å². The van der Waals surface area contributed by atoms with E-state index in [1.54, 1.807) is 6.08 Å². The molecule has 0 spiro atoms. The average Bonchev–Trinajstić information content (AvgIpc) is 3.61. The number of nitrogens with one attached hydrogen (secondary N) is 1. The summed E-state index contributed by atoms with van der Waals surface area (Å²) in [6, 6.07) is -0.626. The summed E-state index contributed by atoms with van der Waals surface area (Å²) in [7, 11) is 0. The number of aliphatic hydroxyl groups is 2. The number of amides is 1. The van der Waals surface area contributed by atoms with Crippen LogP contribution < -0.4 is 5.32 Å². The molecule has 0 heterocycles. The van der Waals surface area contributed by atoms with Crippen LogP contribution in [-0.4, -0.2) is 47.4 Å². The summed E-state index contributed by atoms with van der Waals surface area (Å²) in [5, 5.41) is 23.3. The van der Waals surface area contributed by atoms with Gasteiger partial charge in [0.25, 0.3) is 0 Å². The lowest BCUT2D eigenvalue weighted by Gasteiger charge is -2.20. The summed E-state index contributed by atoms with van der Waals surface area (Å²) in [5.74, 6) is -0.0431. The highest BCUT2D eigenvalue weighted by atomic mass is 16.5. The van der Waals surface area contributed by atoms with Crippen molar-refractivity contribution in [3.05, 3.63) is 36.5 Å². The highest BCUT2D eigenvalue weighted by Gasteiger charge is 2.18. The van der Waals surface area contributed by atoms with Gasteiger partial charge in [0.15, 0.2) is 0 Å². The molecule has 0 rings (SSSR count). The van der Waals surface area contributed by atoms with Crippen LogP contribution in [-0.2, 0) is 14.3 Å². The third kappa shape index (κ3) is 77.1. The molecular weight excluding hydrogens is 1130 g/mol. The first-order valence-electron chi connectivity index (χ1n) is 42.3. The average molecular weight is 1290 g/mol. The molecule has 1 amide bonds. The summed E-state index contributed by atoms with van der Waals surface area (Å²) >= 11 is 0. The molecule has 0 aromatic heterocycles. The lowest BCUT2D eigenvalue weighted by atomic mass is 10.0. The van der Waals surface area contributed by atoms with Gasteiger partial charge < -0.3 is 20.3 Å². The van der Waals surface area contributed by atoms with Crippen LogP contribution in [0, 0.1) is 0 Å². The molecule has 0 aromatic rings. The van der Waals surface area contributed by atoms with Crippen LogP contribution in [0.3, 0.4) is 0 Å². The number of aliphatic hydroxyl groups excluding tert-OH is 2. The second kappa shape index (κ2) is 81.5. The van der Waals surface area contributed by atoms with E-state index in [1.807, 2.05) is 6.08 Å². The van der Waals surface area contributed by atoms with Crippen molar-refractivity contribution in [2.24, 2.45) is 0 Å². The highest BCUT2D eigenvalue weighted by molar-refractivity contribution is 5.76. The van der Waals surface area contributed by atoms with Gasteiger partial charge in [0.2, 0.25) is 5.91 Å². The molecule has 0 aliphatic carbocycles. The van der Waals surface area contributed by atoms with Crippen molar-refractivity contribution >= 4 is 11.9 Å². The molecular formula is C86H165NO5. The van der Waals surface area contributed by atoms with Gasteiger partial charge in [-0.3, -0.25) is 9.59 Å². The standard InChI is InChI=1S/C86H165NO5/c1-3-5-7-9-11-13-15-17-19-21-22-23-24-34-37-40-43-47-50-54-58-62-66-70-74-78-84(89)83(82-88)87-85(90)79-75-71-67-63-59-55-51-48-44-41-38-35-32-30-28-26-25-27-29-31-33-36-39-42-45-49-53-57-61-65-69-73-77-81-92-86(91)80-76-72-68-64-60-56-52-46-20-18-16-14-12-10-8-6-4-2/h12,14,18,20,74,78,83-84,88-89H,3-11,13,15-17,19,21-73,75-77,79-82H2,1-2H3,(H,87,90)/b14-12-,20-18-,78-74+. The second-order valence-electron chi connectivity index (χ2n) is 29.2. The number of unbranched alkanes of at least 4 members (excludes halogenated alkanes) is 65. The van der Waals surface area contributed by atoms with Gasteiger partial charge in [-0.1, -0.05) is 436 Å². The molecule has 0 aromatic carbocycles. The zero-order valence-electron chi connectivity index (χ0n) is 62.6. The van der Waals surface area contributed by atoms with Crippen molar-refractivity contribution in [1.82, 2.24) is 5.32 Å². The minimum atomic E-state index is -0.843. The third-order valence-corrected chi connectivity index (χ3v) is 19.9. The zero-order chi connectivity index (χ0) is 66.3. The van der Waals surface area contributed by atoms with Crippen LogP contribution in [0.5, 0.6) is 0 Å². The normalized spacial score (nSPS) is 12.6. The van der Waals surface area contributed by atoms with Gasteiger partial charge >= 0.3 is 5.97 Å². The zero-order valence-corrected chi connectivity index (χ0v) is 62.6. The van der Waals surface area contributed by atoms with E-state index < -0.39 is 12.1 Å². The fourth-order valence-corrected chi connectivity index (χ4v) is 13.5. The van der Waals surface area contributed by atoms with E-state index in [1.165, 1.54) is 398 Å². The van der Waals surface area contributed by atoms with E-state index in [4.69, 9.17) is 4.74 Å². The Morgan fingerprint density at radius 2 is 0.543 bits per heavy atom. The maximum absolute atomic E-state index is 12.6. The van der Waals surface area contributed by atoms with Gasteiger partial charge in [-0.15, -0.1) is 0 Å². The predicted octanol–water partition coefficient (Wildman–Crippen LogP) is 28.2. The van der Waals surface area contributed by atoms with E-state index >= 15 is 0 Å². The lowest BCUT2D eigenvalue weighted by Crippen LogP contribution is -2.45. The Hall–Kier alpha value is -1.92. The predicted molar refractivity (Wildman–Crippen MR) is 407 cm³/mol. The monoisotopic (exact) mass is 1290 g/mol. The van der Waals surface area contributed by atoms with Crippen molar-refractivity contribution < 1.29 is 24.5 Å². The quantitative estimate of drug-likeness (QED) is 0.0320. The largest absolute Gasteiger partial charge is 0.466 e. The van der Waals surface area contributed by atoms with Crippen molar-refractivity contribution in [3.8, 4) is 0 Å². The fourth-order valence-electron chi connectivity index (χ4n) is 13.5. The molecule has 0 aliphatic heterocycles. The number of carbonyl (C=O) groups is 2. The third-order valence-electron chi connectivity index (χ3n) is 19.9. The molecule has 544 valence electrons. The summed E-state index contributed by atoms with van der Waals surface area (Å²) < 4.78 is 5.51. The molecule has 6 nitrogen and oxygen atoms in total. The molecule has 0 bridgehead atoms. The Labute approximate surface area is 576 Å². The molecule has 0 saturated carbocycles. The Bertz CT molecular complexity index is 1490. The second-order valence-corrected chi connectivity index (χ2v) is 29.2. The summed E-state index contributed by atoms with van der Waals surface area (Å²) in [5.41, 5.74) is 0. The van der Waals surface area contributed by atoms with E-state index in [0.717, 1.165) is 51.4 Å². The Kier molecular flexibility index (Phi) is 79.8. The van der Waals surface area contributed by atoms with Crippen LogP contribution in [0.4, 0.5) is 0 Å². The van der Waals surface area contributed by atoms with E-state index in [-0.39, 0.29) is 18.5 Å². The van der Waals surface area contributed by atoms with Gasteiger partial charge in [-0.2, -0.15) is 0 Å². The Balaban J connectivity index is 3.35. The van der Waals surface area contributed by atoms with Crippen molar-refractivity contribution in [3.63, 3.8) is 0 Å². The first kappa shape index (κ1) is 90.1. The van der Waals surface area contributed by atoms with Crippen molar-refractivity contribution in [1.29, 1.82) is 0 Å². The number of ether oxygens (including phenoxy) is 1. The number of carbonyl (C=O) groups excluding carboxylic acids is 2. The van der Waals surface area contributed by atoms with Crippen molar-refractivity contribution in [2.75, 3.05) is 13.2 Å². The number of hydrogen-bond acceptors (Lipinski definition) is 5. The van der Waals surface area contributed by atoms with E-state index in [2.05, 4.69) is 43.5 Å². The minimum Gasteiger partial charge on any atom is -0.466 e. The molecule has 2 unspecified atom stereocenters. The Morgan fingerprint density at radius 1 is 0.304 bits per heavy atom. The fraction of sp³-hybridized carbons (Fsp3) is 0.907. The number of rotatable bonds is 80. The molecule has 2 atom stereocenters. The van der Waals surface area contributed by atoms with Crippen molar-refractivity contribution in [2.45, 2.75) is 488 Å². The molecule has 0 radical (unpaired) electrons. The maximum Gasteiger partial charge on any atom is 0.305 e. The van der Waals surface area contributed by atoms with Crippen LogP contribution >= 0.6 is 0 Å². The van der Waals surface area contributed by atoms with Gasteiger partial charge in [-0.25, -0.2) is 0 Å². The van der Waals surface area contributed by atoms with Gasteiger partial charge in [-0.05, 0) is 64.2 Å². The van der Waals surface area contributed by atoms with Crippen LogP contribution in [0.2, 0.25) is 0 Å². The number of allylic oxidation sites excluding steroid dienone is 5.